The topological polar surface area (TPSA) is 92.7 Å². The van der Waals surface area contributed by atoms with Crippen molar-refractivity contribution in [3.8, 4) is 5.75 Å². The Balaban J connectivity index is 3.23. The maximum atomic E-state index is 12.1. The number of carboxylic acid groups (broad SMARTS) is 1. The van der Waals surface area contributed by atoms with Crippen molar-refractivity contribution in [3.05, 3.63) is 23.3 Å². The number of methoxy groups -OCH3 is 1. The van der Waals surface area contributed by atoms with Crippen LogP contribution in [-0.2, 0) is 14.8 Å². The molecule has 0 bridgehead atoms. The number of hydrogen-bond acceptors (Lipinski definition) is 4. The molecule has 0 amide bonds. The second-order valence-corrected chi connectivity index (χ2v) is 5.88. The second kappa shape index (κ2) is 5.58. The molecule has 19 heavy (non-hydrogen) atoms. The first kappa shape index (κ1) is 15.5. The summed E-state index contributed by atoms with van der Waals surface area (Å²) < 4.78 is 31.4. The van der Waals surface area contributed by atoms with Crippen molar-refractivity contribution in [2.75, 3.05) is 7.11 Å². The number of carbonyl (C=O) groups is 1. The molecule has 106 valence electrons. The third kappa shape index (κ3) is 3.24. The molecule has 0 aromatic heterocycles. The molecule has 0 saturated carbocycles. The van der Waals surface area contributed by atoms with Crippen LogP contribution in [-0.4, -0.2) is 32.6 Å². The van der Waals surface area contributed by atoms with Gasteiger partial charge in [0.15, 0.2) is 0 Å². The van der Waals surface area contributed by atoms with Gasteiger partial charge in [0, 0.05) is 0 Å². The van der Waals surface area contributed by atoms with Crippen LogP contribution in [0.3, 0.4) is 0 Å². The summed E-state index contributed by atoms with van der Waals surface area (Å²) in [6, 6.07) is 1.76. The van der Waals surface area contributed by atoms with Gasteiger partial charge in [-0.25, -0.2) is 8.42 Å². The van der Waals surface area contributed by atoms with Crippen molar-refractivity contribution in [2.45, 2.75) is 31.7 Å². The van der Waals surface area contributed by atoms with E-state index in [1.165, 1.54) is 20.1 Å². The third-order valence-corrected chi connectivity index (χ3v) is 4.58. The van der Waals surface area contributed by atoms with Crippen LogP contribution in [0.5, 0.6) is 5.75 Å². The summed E-state index contributed by atoms with van der Waals surface area (Å²) in [5.74, 6) is -0.644. The fourth-order valence-corrected chi connectivity index (χ4v) is 3.13. The van der Waals surface area contributed by atoms with Crippen LogP contribution < -0.4 is 9.46 Å². The van der Waals surface area contributed by atoms with Crippen LogP contribution in [0.4, 0.5) is 0 Å². The number of hydrogen-bond donors (Lipinski definition) is 2. The lowest BCUT2D eigenvalue weighted by Gasteiger charge is -2.15. The summed E-state index contributed by atoms with van der Waals surface area (Å²) in [5, 5.41) is 8.75. The molecule has 1 rings (SSSR count). The number of carboxylic acids is 1. The molecule has 0 aliphatic rings. The molecule has 0 aliphatic carbocycles. The predicted octanol–water partition coefficient (Wildman–Crippen LogP) is 1.06. The number of nitrogens with one attached hydrogen (secondary N) is 1. The SMILES string of the molecule is COc1ccc(S(=O)(=O)N[C@@H](C)C(=O)O)c(C)c1C. The Morgan fingerprint density at radius 1 is 1.32 bits per heavy atom. The summed E-state index contributed by atoms with van der Waals surface area (Å²) in [6.07, 6.45) is 0. The van der Waals surface area contributed by atoms with Gasteiger partial charge in [0.2, 0.25) is 10.0 Å². The van der Waals surface area contributed by atoms with Crippen LogP contribution >= 0.6 is 0 Å². The zero-order valence-electron chi connectivity index (χ0n) is 11.2. The summed E-state index contributed by atoms with van der Waals surface area (Å²) >= 11 is 0. The average molecular weight is 287 g/mol. The van der Waals surface area contributed by atoms with Crippen molar-refractivity contribution in [1.29, 1.82) is 0 Å². The molecule has 0 radical (unpaired) electrons. The predicted molar refractivity (Wildman–Crippen MR) is 69.9 cm³/mol. The van der Waals surface area contributed by atoms with Crippen molar-refractivity contribution in [3.63, 3.8) is 0 Å². The molecule has 1 atom stereocenters. The van der Waals surface area contributed by atoms with E-state index in [-0.39, 0.29) is 4.90 Å². The van der Waals surface area contributed by atoms with E-state index >= 15 is 0 Å². The maximum absolute atomic E-state index is 12.1. The van der Waals surface area contributed by atoms with E-state index in [1.54, 1.807) is 19.9 Å². The fourth-order valence-electron chi connectivity index (χ4n) is 1.63. The molecule has 0 spiro atoms. The van der Waals surface area contributed by atoms with Crippen LogP contribution in [0.25, 0.3) is 0 Å². The van der Waals surface area contributed by atoms with Gasteiger partial charge in [-0.1, -0.05) is 0 Å². The van der Waals surface area contributed by atoms with Gasteiger partial charge in [-0.2, -0.15) is 4.72 Å². The van der Waals surface area contributed by atoms with Crippen LogP contribution in [0.2, 0.25) is 0 Å². The Hall–Kier alpha value is -1.60. The van der Waals surface area contributed by atoms with Gasteiger partial charge in [0.1, 0.15) is 11.8 Å². The van der Waals surface area contributed by atoms with Crippen molar-refractivity contribution >= 4 is 16.0 Å². The molecule has 0 saturated heterocycles. The van der Waals surface area contributed by atoms with Crippen molar-refractivity contribution in [2.24, 2.45) is 0 Å². The Morgan fingerprint density at radius 2 is 1.89 bits per heavy atom. The first-order valence-electron chi connectivity index (χ1n) is 5.60. The number of sulfonamides is 1. The number of aliphatic carboxylic acids is 1. The molecule has 1 aromatic rings. The lowest BCUT2D eigenvalue weighted by atomic mass is 10.1. The Morgan fingerprint density at radius 3 is 2.37 bits per heavy atom. The zero-order chi connectivity index (χ0) is 14.8. The highest BCUT2D eigenvalue weighted by Gasteiger charge is 2.24. The first-order chi connectivity index (χ1) is 8.70. The van der Waals surface area contributed by atoms with Crippen molar-refractivity contribution in [1.82, 2.24) is 4.72 Å². The van der Waals surface area contributed by atoms with Gasteiger partial charge in [-0.15, -0.1) is 0 Å². The molecular weight excluding hydrogens is 270 g/mol. The monoisotopic (exact) mass is 287 g/mol. The van der Waals surface area contributed by atoms with Gasteiger partial charge in [0.25, 0.3) is 0 Å². The quantitative estimate of drug-likeness (QED) is 0.845. The molecule has 1 aromatic carbocycles. The standard InChI is InChI=1S/C12H17NO5S/c1-7-8(2)11(6-5-10(7)18-4)19(16,17)13-9(3)12(14)15/h5-6,9,13H,1-4H3,(H,14,15)/t9-/m0/s1. The van der Waals surface area contributed by atoms with Gasteiger partial charge >= 0.3 is 5.97 Å². The Kier molecular flexibility index (Phi) is 4.54. The van der Waals surface area contributed by atoms with E-state index in [0.717, 1.165) is 0 Å². The largest absolute Gasteiger partial charge is 0.496 e. The molecule has 0 heterocycles. The molecule has 7 heteroatoms. The molecule has 0 unspecified atom stereocenters. The van der Waals surface area contributed by atoms with Crippen molar-refractivity contribution < 1.29 is 23.1 Å². The molecule has 6 nitrogen and oxygen atoms in total. The normalized spacial score (nSPS) is 13.1. The summed E-state index contributed by atoms with van der Waals surface area (Å²) in [5.41, 5.74) is 1.23. The summed E-state index contributed by atoms with van der Waals surface area (Å²) in [4.78, 5) is 10.8. The van der Waals surface area contributed by atoms with E-state index in [9.17, 15) is 13.2 Å². The van der Waals surface area contributed by atoms with Gasteiger partial charge < -0.3 is 9.84 Å². The van der Waals surface area contributed by atoms with Crippen LogP contribution in [0, 0.1) is 13.8 Å². The second-order valence-electron chi connectivity index (χ2n) is 4.20. The van der Waals surface area contributed by atoms with Gasteiger partial charge in [-0.3, -0.25) is 4.79 Å². The molecule has 0 aliphatic heterocycles. The van der Waals surface area contributed by atoms with E-state index in [2.05, 4.69) is 4.72 Å². The van der Waals surface area contributed by atoms with Crippen LogP contribution in [0.15, 0.2) is 17.0 Å². The lowest BCUT2D eigenvalue weighted by molar-refractivity contribution is -0.138. The third-order valence-electron chi connectivity index (χ3n) is 2.90. The highest BCUT2D eigenvalue weighted by Crippen LogP contribution is 2.26. The van der Waals surface area contributed by atoms with Gasteiger partial charge in [-0.05, 0) is 44.0 Å². The highest BCUT2D eigenvalue weighted by atomic mass is 32.2. The van der Waals surface area contributed by atoms with E-state index in [1.807, 2.05) is 0 Å². The molecule has 0 fully saturated rings. The Labute approximate surface area is 112 Å². The minimum Gasteiger partial charge on any atom is -0.496 e. The van der Waals surface area contributed by atoms with E-state index < -0.39 is 22.0 Å². The smallest absolute Gasteiger partial charge is 0.321 e. The summed E-state index contributed by atoms with van der Waals surface area (Å²) in [7, 11) is -2.37. The number of ether oxygens (including phenoxy) is 1. The van der Waals surface area contributed by atoms with Gasteiger partial charge in [0.05, 0.1) is 12.0 Å². The van der Waals surface area contributed by atoms with Crippen LogP contribution in [0.1, 0.15) is 18.1 Å². The number of rotatable bonds is 5. The lowest BCUT2D eigenvalue weighted by Crippen LogP contribution is -2.38. The Bertz CT molecular complexity index is 594. The minimum atomic E-state index is -3.87. The van der Waals surface area contributed by atoms with E-state index in [0.29, 0.717) is 16.9 Å². The minimum absolute atomic E-state index is 0.0545. The zero-order valence-corrected chi connectivity index (χ0v) is 12.0. The highest BCUT2D eigenvalue weighted by molar-refractivity contribution is 7.89. The van der Waals surface area contributed by atoms with E-state index in [4.69, 9.17) is 9.84 Å². The molecule has 2 N–H and O–H groups in total. The number of benzene rings is 1. The summed E-state index contributed by atoms with van der Waals surface area (Å²) in [6.45, 7) is 4.66. The maximum Gasteiger partial charge on any atom is 0.321 e. The fraction of sp³-hybridized carbons (Fsp3) is 0.417. The average Bonchev–Trinajstić information content (AvgIpc) is 2.31. The first-order valence-corrected chi connectivity index (χ1v) is 7.08. The molecular formula is C12H17NO5S.